The van der Waals surface area contributed by atoms with Gasteiger partial charge in [-0.15, -0.1) is 0 Å². The van der Waals surface area contributed by atoms with E-state index >= 15 is 0 Å². The Kier molecular flexibility index (Phi) is 8.09. The van der Waals surface area contributed by atoms with E-state index in [-0.39, 0.29) is 0 Å². The third-order valence-corrected chi connectivity index (χ3v) is 3.07. The van der Waals surface area contributed by atoms with Gasteiger partial charge >= 0.3 is 0 Å². The number of unbranched alkanes of at least 4 members (excludes halogenated alkanes) is 1. The summed E-state index contributed by atoms with van der Waals surface area (Å²) in [6, 6.07) is 5.78. The molecule has 0 bridgehead atoms. The fourth-order valence-corrected chi connectivity index (χ4v) is 1.87. The summed E-state index contributed by atoms with van der Waals surface area (Å²) >= 11 is 0. The average Bonchev–Trinajstić information content (AvgIpc) is 2.52. The number of hydrogen-bond acceptors (Lipinski definition) is 3. The quantitative estimate of drug-likeness (QED) is 0.439. The lowest BCUT2D eigenvalue weighted by molar-refractivity contribution is 0.391. The lowest BCUT2D eigenvalue weighted by atomic mass is 10.2. The smallest absolute Gasteiger partial charge is 0.191 e. The first kappa shape index (κ1) is 17.1. The van der Waals surface area contributed by atoms with Gasteiger partial charge in [0.1, 0.15) is 11.5 Å². The number of rotatable bonds is 8. The van der Waals surface area contributed by atoms with Crippen LogP contribution in [0.3, 0.4) is 0 Å². The molecule has 0 atom stereocenters. The van der Waals surface area contributed by atoms with Gasteiger partial charge in [-0.1, -0.05) is 13.3 Å². The summed E-state index contributed by atoms with van der Waals surface area (Å²) < 4.78 is 10.6. The predicted molar refractivity (Wildman–Crippen MR) is 87.3 cm³/mol. The van der Waals surface area contributed by atoms with Gasteiger partial charge in [0.25, 0.3) is 0 Å². The molecule has 118 valence electrons. The molecule has 0 aliphatic carbocycles. The molecule has 0 heterocycles. The zero-order valence-electron chi connectivity index (χ0n) is 13.5. The Bertz CT molecular complexity index is 447. The summed E-state index contributed by atoms with van der Waals surface area (Å²) in [6.07, 6.45) is 2.30. The monoisotopic (exact) mass is 293 g/mol. The first-order valence-corrected chi connectivity index (χ1v) is 7.48. The molecule has 0 fully saturated rings. The van der Waals surface area contributed by atoms with E-state index in [4.69, 9.17) is 9.47 Å². The van der Waals surface area contributed by atoms with E-state index in [1.807, 2.05) is 18.2 Å². The molecule has 0 amide bonds. The van der Waals surface area contributed by atoms with Crippen molar-refractivity contribution in [1.82, 2.24) is 10.6 Å². The highest BCUT2D eigenvalue weighted by Crippen LogP contribution is 2.25. The van der Waals surface area contributed by atoms with Gasteiger partial charge in [0.05, 0.1) is 20.8 Å². The number of ether oxygens (including phenoxy) is 2. The minimum atomic E-state index is 0.564. The van der Waals surface area contributed by atoms with Gasteiger partial charge in [0.2, 0.25) is 0 Å². The fraction of sp³-hybridized carbons (Fsp3) is 0.562. The Balaban J connectivity index is 2.74. The minimum absolute atomic E-state index is 0.564. The summed E-state index contributed by atoms with van der Waals surface area (Å²) in [6.45, 7) is 6.58. The van der Waals surface area contributed by atoms with Crippen LogP contribution in [-0.4, -0.2) is 33.3 Å². The highest BCUT2D eigenvalue weighted by Gasteiger charge is 2.05. The Morgan fingerprint density at radius 2 is 1.95 bits per heavy atom. The standard InChI is InChI=1S/C16H27N3O2/c1-5-7-10-18-16(17-6-2)19-12-13-8-9-14(20-3)11-15(13)21-4/h8-9,11H,5-7,10,12H2,1-4H3,(H2,17,18,19). The summed E-state index contributed by atoms with van der Waals surface area (Å²) in [5.41, 5.74) is 1.03. The van der Waals surface area contributed by atoms with E-state index in [1.54, 1.807) is 14.2 Å². The first-order chi connectivity index (χ1) is 10.2. The zero-order valence-corrected chi connectivity index (χ0v) is 13.5. The molecule has 2 N–H and O–H groups in total. The molecular weight excluding hydrogens is 266 g/mol. The van der Waals surface area contributed by atoms with Gasteiger partial charge in [0, 0.05) is 24.7 Å². The van der Waals surface area contributed by atoms with Crippen molar-refractivity contribution in [2.24, 2.45) is 4.99 Å². The average molecular weight is 293 g/mol. The van der Waals surface area contributed by atoms with E-state index in [9.17, 15) is 0 Å². The number of nitrogens with zero attached hydrogens (tertiary/aromatic N) is 1. The lowest BCUT2D eigenvalue weighted by Crippen LogP contribution is -2.37. The van der Waals surface area contributed by atoms with Gasteiger partial charge in [-0.3, -0.25) is 0 Å². The number of hydrogen-bond donors (Lipinski definition) is 2. The molecule has 5 nitrogen and oxygen atoms in total. The molecule has 0 aromatic heterocycles. The van der Waals surface area contributed by atoms with Crippen molar-refractivity contribution in [3.63, 3.8) is 0 Å². The first-order valence-electron chi connectivity index (χ1n) is 7.48. The molecule has 1 aromatic carbocycles. The Hall–Kier alpha value is -1.91. The Morgan fingerprint density at radius 1 is 1.14 bits per heavy atom. The minimum Gasteiger partial charge on any atom is -0.497 e. The van der Waals surface area contributed by atoms with Crippen LogP contribution in [0.1, 0.15) is 32.3 Å². The second-order valence-electron chi connectivity index (χ2n) is 4.65. The molecular formula is C16H27N3O2. The highest BCUT2D eigenvalue weighted by atomic mass is 16.5. The van der Waals surface area contributed by atoms with Gasteiger partial charge in [-0.25, -0.2) is 4.99 Å². The molecule has 0 radical (unpaired) electrons. The SMILES string of the molecule is CCCCNC(=NCc1ccc(OC)cc1OC)NCC. The zero-order chi connectivity index (χ0) is 15.5. The molecule has 0 saturated carbocycles. The van der Waals surface area contributed by atoms with Gasteiger partial charge in [-0.2, -0.15) is 0 Å². The molecule has 0 spiro atoms. The fourth-order valence-electron chi connectivity index (χ4n) is 1.87. The predicted octanol–water partition coefficient (Wildman–Crippen LogP) is 2.56. The van der Waals surface area contributed by atoms with Gasteiger partial charge in [0.15, 0.2) is 5.96 Å². The second-order valence-corrected chi connectivity index (χ2v) is 4.65. The van der Waals surface area contributed by atoms with Crippen LogP contribution in [0, 0.1) is 0 Å². The maximum Gasteiger partial charge on any atom is 0.191 e. The van der Waals surface area contributed by atoms with Crippen LogP contribution in [0.4, 0.5) is 0 Å². The normalized spacial score (nSPS) is 11.1. The van der Waals surface area contributed by atoms with Crippen LogP contribution in [0.5, 0.6) is 11.5 Å². The number of aliphatic imine (C=N–C) groups is 1. The third kappa shape index (κ3) is 5.94. The van der Waals surface area contributed by atoms with E-state index in [0.29, 0.717) is 6.54 Å². The second kappa shape index (κ2) is 9.91. The maximum absolute atomic E-state index is 5.39. The largest absolute Gasteiger partial charge is 0.497 e. The van der Waals surface area contributed by atoms with E-state index in [0.717, 1.165) is 42.5 Å². The van der Waals surface area contributed by atoms with Crippen LogP contribution in [0.2, 0.25) is 0 Å². The molecule has 0 unspecified atom stereocenters. The topological polar surface area (TPSA) is 54.9 Å². The molecule has 0 aliphatic rings. The summed E-state index contributed by atoms with van der Waals surface area (Å²) in [5, 5.41) is 6.57. The van der Waals surface area contributed by atoms with Crippen molar-refractivity contribution in [1.29, 1.82) is 0 Å². The molecule has 1 rings (SSSR count). The van der Waals surface area contributed by atoms with Crippen molar-refractivity contribution < 1.29 is 9.47 Å². The molecule has 0 saturated heterocycles. The highest BCUT2D eigenvalue weighted by molar-refractivity contribution is 5.79. The Morgan fingerprint density at radius 3 is 2.57 bits per heavy atom. The van der Waals surface area contributed by atoms with Gasteiger partial charge in [-0.05, 0) is 25.5 Å². The number of guanidine groups is 1. The lowest BCUT2D eigenvalue weighted by Gasteiger charge is -2.12. The molecule has 21 heavy (non-hydrogen) atoms. The van der Waals surface area contributed by atoms with E-state index in [2.05, 4.69) is 29.5 Å². The Labute approximate surface area is 127 Å². The van der Waals surface area contributed by atoms with Crippen LogP contribution < -0.4 is 20.1 Å². The maximum atomic E-state index is 5.39. The van der Waals surface area contributed by atoms with Crippen molar-refractivity contribution in [3.8, 4) is 11.5 Å². The summed E-state index contributed by atoms with van der Waals surface area (Å²) in [5.74, 6) is 2.42. The van der Waals surface area contributed by atoms with Crippen molar-refractivity contribution in [2.75, 3.05) is 27.3 Å². The van der Waals surface area contributed by atoms with Crippen LogP contribution in [0.15, 0.2) is 23.2 Å². The van der Waals surface area contributed by atoms with Gasteiger partial charge < -0.3 is 20.1 Å². The number of nitrogens with one attached hydrogen (secondary N) is 2. The number of benzene rings is 1. The number of methoxy groups -OCH3 is 2. The van der Waals surface area contributed by atoms with Crippen LogP contribution in [0.25, 0.3) is 0 Å². The molecule has 5 heteroatoms. The van der Waals surface area contributed by atoms with Crippen molar-refractivity contribution in [2.45, 2.75) is 33.2 Å². The molecule has 1 aromatic rings. The van der Waals surface area contributed by atoms with Crippen LogP contribution >= 0.6 is 0 Å². The van der Waals surface area contributed by atoms with E-state index in [1.165, 1.54) is 6.42 Å². The summed E-state index contributed by atoms with van der Waals surface area (Å²) in [7, 11) is 3.31. The molecule has 0 aliphatic heterocycles. The van der Waals surface area contributed by atoms with Crippen LogP contribution in [-0.2, 0) is 6.54 Å². The summed E-state index contributed by atoms with van der Waals surface area (Å²) in [4.78, 5) is 4.59. The van der Waals surface area contributed by atoms with Crippen molar-refractivity contribution >= 4 is 5.96 Å². The van der Waals surface area contributed by atoms with Crippen molar-refractivity contribution in [3.05, 3.63) is 23.8 Å². The van der Waals surface area contributed by atoms with E-state index < -0.39 is 0 Å². The third-order valence-electron chi connectivity index (χ3n) is 3.07.